The van der Waals surface area contributed by atoms with Crippen molar-refractivity contribution < 1.29 is 14.7 Å². The van der Waals surface area contributed by atoms with E-state index >= 15 is 0 Å². The van der Waals surface area contributed by atoms with Gasteiger partial charge in [0.25, 0.3) is 11.8 Å². The molecule has 0 aromatic heterocycles. The fourth-order valence-corrected chi connectivity index (χ4v) is 3.45. The van der Waals surface area contributed by atoms with Crippen LogP contribution in [0.1, 0.15) is 85.0 Å². The molecule has 6 heteroatoms. The molecular formula is C23H37BrN2O3. The minimum absolute atomic E-state index is 0.288. The molecule has 1 rings (SSSR count). The number of alkyl halides is 1. The van der Waals surface area contributed by atoms with Crippen molar-refractivity contribution in [2.45, 2.75) is 95.4 Å². The maximum atomic E-state index is 13.1. The number of benzene rings is 1. The van der Waals surface area contributed by atoms with Crippen molar-refractivity contribution in [3.63, 3.8) is 0 Å². The van der Waals surface area contributed by atoms with Gasteiger partial charge < -0.3 is 5.11 Å². The number of hydrazine groups is 1. The summed E-state index contributed by atoms with van der Waals surface area (Å²) >= 11 is 3.29. The fraction of sp³-hybridized carbons (Fsp3) is 0.652. The first-order valence-corrected chi connectivity index (χ1v) is 11.8. The van der Waals surface area contributed by atoms with Crippen LogP contribution in [-0.4, -0.2) is 27.3 Å². The predicted molar refractivity (Wildman–Crippen MR) is 123 cm³/mol. The van der Waals surface area contributed by atoms with Gasteiger partial charge >= 0.3 is 0 Å². The lowest BCUT2D eigenvalue weighted by Gasteiger charge is -2.32. The molecule has 1 atom stereocenters. The fourth-order valence-electron chi connectivity index (χ4n) is 3.25. The molecule has 5 nitrogen and oxygen atoms in total. The van der Waals surface area contributed by atoms with E-state index in [1.165, 1.54) is 5.01 Å². The summed E-state index contributed by atoms with van der Waals surface area (Å²) in [6.07, 6.45) is 8.74. The minimum Gasteiger partial charge on any atom is -0.380 e. The Hall–Kier alpha value is -1.40. The number of halogens is 1. The number of rotatable bonds is 13. The first kappa shape index (κ1) is 25.6. The van der Waals surface area contributed by atoms with E-state index in [9.17, 15) is 14.7 Å². The number of carbonyl (C=O) groups excluding carboxylic acids is 2. The van der Waals surface area contributed by atoms with Crippen LogP contribution in [0.15, 0.2) is 30.3 Å². The van der Waals surface area contributed by atoms with Crippen LogP contribution in [0.2, 0.25) is 0 Å². The Labute approximate surface area is 184 Å². The Balaban J connectivity index is 2.95. The van der Waals surface area contributed by atoms with Crippen molar-refractivity contribution >= 4 is 33.4 Å². The Morgan fingerprint density at radius 1 is 1.00 bits per heavy atom. The molecule has 2 N–H and O–H groups in total. The van der Waals surface area contributed by atoms with E-state index in [-0.39, 0.29) is 5.91 Å². The van der Waals surface area contributed by atoms with Gasteiger partial charge in [0.1, 0.15) is 5.60 Å². The summed E-state index contributed by atoms with van der Waals surface area (Å²) in [5.41, 5.74) is 1.80. The molecule has 0 fully saturated rings. The number of anilines is 1. The highest BCUT2D eigenvalue weighted by molar-refractivity contribution is 9.10. The van der Waals surface area contributed by atoms with Gasteiger partial charge in [0.2, 0.25) is 0 Å². The molecule has 0 spiro atoms. The summed E-state index contributed by atoms with van der Waals surface area (Å²) in [7, 11) is 0. The standard InChI is InChI=1S/C23H37BrN2O3/c1-4-6-8-13-17-23(29,18-14-9-7-5-2)22(28)25-26(21(27)19(3)24)20-15-11-10-12-16-20/h10-12,15-16,19,29H,4-9,13-14,17-18H2,1-3H3,(H,25,28). The number of unbranched alkanes of at least 4 members (excludes halogenated alkanes) is 6. The smallest absolute Gasteiger partial charge is 0.270 e. The van der Waals surface area contributed by atoms with Crippen molar-refractivity contribution in [2.24, 2.45) is 0 Å². The van der Waals surface area contributed by atoms with Gasteiger partial charge in [-0.2, -0.15) is 0 Å². The molecule has 0 saturated carbocycles. The van der Waals surface area contributed by atoms with Crippen LogP contribution >= 0.6 is 15.9 Å². The maximum Gasteiger partial charge on any atom is 0.270 e. The summed E-state index contributed by atoms with van der Waals surface area (Å²) < 4.78 is 0. The zero-order valence-electron chi connectivity index (χ0n) is 18.1. The Morgan fingerprint density at radius 3 is 1.97 bits per heavy atom. The van der Waals surface area contributed by atoms with E-state index in [0.29, 0.717) is 18.5 Å². The number of para-hydroxylation sites is 1. The number of nitrogens with one attached hydrogen (secondary N) is 1. The van der Waals surface area contributed by atoms with E-state index in [1.807, 2.05) is 18.2 Å². The first-order chi connectivity index (χ1) is 13.9. The molecule has 1 aromatic carbocycles. The Kier molecular flexibility index (Phi) is 12.2. The van der Waals surface area contributed by atoms with Crippen molar-refractivity contribution in [1.82, 2.24) is 5.43 Å². The monoisotopic (exact) mass is 468 g/mol. The molecule has 0 aliphatic heterocycles. The van der Waals surface area contributed by atoms with Crippen LogP contribution in [0.4, 0.5) is 5.69 Å². The molecule has 29 heavy (non-hydrogen) atoms. The van der Waals surface area contributed by atoms with E-state index < -0.39 is 16.3 Å². The Morgan fingerprint density at radius 2 is 1.52 bits per heavy atom. The van der Waals surface area contributed by atoms with Gasteiger partial charge in [-0.25, -0.2) is 5.01 Å². The van der Waals surface area contributed by atoms with Gasteiger partial charge in [0, 0.05) is 0 Å². The third-order valence-electron chi connectivity index (χ3n) is 5.10. The summed E-state index contributed by atoms with van der Waals surface area (Å²) in [5.74, 6) is -0.792. The molecule has 164 valence electrons. The van der Waals surface area contributed by atoms with Gasteiger partial charge in [0.05, 0.1) is 10.5 Å². The average Bonchev–Trinajstić information content (AvgIpc) is 2.72. The summed E-state index contributed by atoms with van der Waals surface area (Å²) in [5, 5.41) is 12.5. The highest BCUT2D eigenvalue weighted by atomic mass is 79.9. The number of carbonyl (C=O) groups is 2. The quantitative estimate of drug-likeness (QED) is 0.228. The molecule has 0 saturated heterocycles. The second-order valence-electron chi connectivity index (χ2n) is 7.72. The lowest BCUT2D eigenvalue weighted by Crippen LogP contribution is -2.56. The van der Waals surface area contributed by atoms with Crippen molar-refractivity contribution in [2.75, 3.05) is 5.01 Å². The number of hydrogen-bond donors (Lipinski definition) is 2. The number of aliphatic hydroxyl groups is 1. The zero-order valence-corrected chi connectivity index (χ0v) is 19.7. The largest absolute Gasteiger partial charge is 0.380 e. The molecule has 1 unspecified atom stereocenters. The van der Waals surface area contributed by atoms with E-state index in [4.69, 9.17) is 0 Å². The van der Waals surface area contributed by atoms with Gasteiger partial charge in [-0.3, -0.25) is 15.0 Å². The summed E-state index contributed by atoms with van der Waals surface area (Å²) in [6.45, 7) is 5.98. The average molecular weight is 469 g/mol. The molecule has 1 aromatic rings. The summed E-state index contributed by atoms with van der Waals surface area (Å²) in [4.78, 5) is 25.4. The highest BCUT2D eigenvalue weighted by Crippen LogP contribution is 2.25. The van der Waals surface area contributed by atoms with Gasteiger partial charge in [0.15, 0.2) is 0 Å². The molecule has 0 heterocycles. The lowest BCUT2D eigenvalue weighted by molar-refractivity contribution is -0.143. The second kappa shape index (κ2) is 13.8. The normalized spacial score (nSPS) is 12.4. The molecule has 0 radical (unpaired) electrons. The van der Waals surface area contributed by atoms with E-state index in [2.05, 4.69) is 35.2 Å². The topological polar surface area (TPSA) is 69.6 Å². The van der Waals surface area contributed by atoms with Crippen LogP contribution in [0.3, 0.4) is 0 Å². The second-order valence-corrected chi connectivity index (χ2v) is 9.09. The lowest BCUT2D eigenvalue weighted by atomic mass is 9.89. The van der Waals surface area contributed by atoms with E-state index in [0.717, 1.165) is 51.4 Å². The SMILES string of the molecule is CCCCCCC(O)(CCCCCC)C(=O)NN(C(=O)C(C)Br)c1ccccc1. The van der Waals surface area contributed by atoms with Gasteiger partial charge in [-0.05, 0) is 31.9 Å². The zero-order chi connectivity index (χ0) is 21.7. The van der Waals surface area contributed by atoms with Gasteiger partial charge in [-0.15, -0.1) is 0 Å². The molecule has 0 aliphatic carbocycles. The van der Waals surface area contributed by atoms with Crippen LogP contribution in [-0.2, 0) is 9.59 Å². The molecular weight excluding hydrogens is 432 g/mol. The minimum atomic E-state index is -1.47. The van der Waals surface area contributed by atoms with E-state index in [1.54, 1.807) is 19.1 Å². The molecule has 0 bridgehead atoms. The molecule has 2 amide bonds. The van der Waals surface area contributed by atoms with Gasteiger partial charge in [-0.1, -0.05) is 99.3 Å². The Bertz CT molecular complexity index is 595. The number of hydrogen-bond acceptors (Lipinski definition) is 3. The van der Waals surface area contributed by atoms with Crippen LogP contribution in [0.25, 0.3) is 0 Å². The molecule has 0 aliphatic rings. The van der Waals surface area contributed by atoms with Crippen molar-refractivity contribution in [3.05, 3.63) is 30.3 Å². The van der Waals surface area contributed by atoms with Crippen LogP contribution in [0, 0.1) is 0 Å². The van der Waals surface area contributed by atoms with Crippen LogP contribution < -0.4 is 10.4 Å². The highest BCUT2D eigenvalue weighted by Gasteiger charge is 2.37. The third kappa shape index (κ3) is 8.87. The van der Waals surface area contributed by atoms with Crippen molar-refractivity contribution in [3.8, 4) is 0 Å². The predicted octanol–water partition coefficient (Wildman–Crippen LogP) is 5.51. The van der Waals surface area contributed by atoms with Crippen LogP contribution in [0.5, 0.6) is 0 Å². The summed E-state index contributed by atoms with van der Waals surface area (Å²) in [6, 6.07) is 8.98. The third-order valence-corrected chi connectivity index (χ3v) is 5.49. The number of nitrogens with zero attached hydrogens (tertiary/aromatic N) is 1. The number of amides is 2. The van der Waals surface area contributed by atoms with Crippen molar-refractivity contribution in [1.29, 1.82) is 0 Å². The maximum absolute atomic E-state index is 13.1. The first-order valence-electron chi connectivity index (χ1n) is 10.9.